The van der Waals surface area contributed by atoms with Crippen LogP contribution in [0.2, 0.25) is 0 Å². The van der Waals surface area contributed by atoms with Gasteiger partial charge in [0.25, 0.3) is 0 Å². The molecular formula is C13H18N2O3. The van der Waals surface area contributed by atoms with E-state index in [1.165, 1.54) is 0 Å². The lowest BCUT2D eigenvalue weighted by Crippen LogP contribution is -2.34. The molecule has 0 saturated carbocycles. The van der Waals surface area contributed by atoms with Crippen LogP contribution in [-0.4, -0.2) is 47.5 Å². The molecule has 5 nitrogen and oxygen atoms in total. The van der Waals surface area contributed by atoms with Gasteiger partial charge in [-0.1, -0.05) is 0 Å². The molecule has 0 aromatic heterocycles. The Morgan fingerprint density at radius 2 is 2.39 bits per heavy atom. The molecule has 0 aromatic carbocycles. The molecule has 0 saturated heterocycles. The summed E-state index contributed by atoms with van der Waals surface area (Å²) < 4.78 is 4.97. The summed E-state index contributed by atoms with van der Waals surface area (Å²) in [5.41, 5.74) is 2.34. The van der Waals surface area contributed by atoms with Crippen molar-refractivity contribution in [2.24, 2.45) is 4.99 Å². The topological polar surface area (TPSA) is 62.1 Å². The van der Waals surface area contributed by atoms with Crippen LogP contribution in [-0.2, 0) is 9.53 Å². The summed E-state index contributed by atoms with van der Waals surface area (Å²) >= 11 is 0. The van der Waals surface area contributed by atoms with Crippen LogP contribution >= 0.6 is 0 Å². The lowest BCUT2D eigenvalue weighted by Gasteiger charge is -2.27. The van der Waals surface area contributed by atoms with Crippen molar-refractivity contribution in [2.45, 2.75) is 26.3 Å². The highest BCUT2D eigenvalue weighted by Gasteiger charge is 2.33. The summed E-state index contributed by atoms with van der Waals surface area (Å²) in [6.07, 6.45) is 4.16. The molecule has 2 rings (SSSR count). The second-order valence-electron chi connectivity index (χ2n) is 4.24. The van der Waals surface area contributed by atoms with E-state index in [2.05, 4.69) is 9.89 Å². The fraction of sp³-hybridized carbons (Fsp3) is 0.538. The molecule has 0 radical (unpaired) electrons. The monoisotopic (exact) mass is 250 g/mol. The number of nitrogens with zero attached hydrogens (tertiary/aromatic N) is 2. The number of esters is 1. The molecule has 0 aromatic rings. The quantitative estimate of drug-likeness (QED) is 0.752. The summed E-state index contributed by atoms with van der Waals surface area (Å²) in [7, 11) is 0. The number of rotatable bonds is 4. The van der Waals surface area contributed by atoms with E-state index in [0.29, 0.717) is 18.7 Å². The Bertz CT molecular complexity index is 438. The normalized spacial score (nSPS) is 22.1. The molecule has 0 spiro atoms. The third-order valence-corrected chi connectivity index (χ3v) is 3.24. The number of hydrogen-bond acceptors (Lipinski definition) is 5. The van der Waals surface area contributed by atoms with Crippen LogP contribution in [0.5, 0.6) is 0 Å². The summed E-state index contributed by atoms with van der Waals surface area (Å²) in [4.78, 5) is 17.9. The summed E-state index contributed by atoms with van der Waals surface area (Å²) in [6.45, 7) is 5.02. The smallest absolute Gasteiger partial charge is 0.352 e. The average molecular weight is 250 g/mol. The number of aliphatic hydroxyl groups is 1. The van der Waals surface area contributed by atoms with E-state index in [-0.39, 0.29) is 18.6 Å². The lowest BCUT2D eigenvalue weighted by molar-refractivity contribution is -0.135. The van der Waals surface area contributed by atoms with Crippen molar-refractivity contribution < 1.29 is 14.6 Å². The van der Waals surface area contributed by atoms with Crippen molar-refractivity contribution in [1.82, 2.24) is 4.90 Å². The number of aliphatic imine (C=N–C) groups is 1. The van der Waals surface area contributed by atoms with E-state index in [1.807, 2.05) is 13.1 Å². The van der Waals surface area contributed by atoms with Gasteiger partial charge in [0.1, 0.15) is 5.71 Å². The number of ether oxygens (including phenoxy) is 1. The number of carbonyl (C=O) groups excluding carboxylic acids is 1. The molecule has 2 aliphatic heterocycles. The van der Waals surface area contributed by atoms with Crippen LogP contribution in [0.25, 0.3) is 0 Å². The van der Waals surface area contributed by atoms with Gasteiger partial charge in [0.15, 0.2) is 0 Å². The van der Waals surface area contributed by atoms with Crippen LogP contribution in [0, 0.1) is 0 Å². The molecule has 2 aliphatic rings. The predicted octanol–water partition coefficient (Wildman–Crippen LogP) is 0.858. The van der Waals surface area contributed by atoms with Gasteiger partial charge in [-0.05, 0) is 13.8 Å². The highest BCUT2D eigenvalue weighted by Crippen LogP contribution is 2.32. The first-order chi connectivity index (χ1) is 8.71. The number of hydrogen-bond donors (Lipinski definition) is 1. The van der Waals surface area contributed by atoms with E-state index in [1.54, 1.807) is 13.1 Å². The molecule has 18 heavy (non-hydrogen) atoms. The predicted molar refractivity (Wildman–Crippen MR) is 68.1 cm³/mol. The Labute approximate surface area is 106 Å². The van der Waals surface area contributed by atoms with E-state index < -0.39 is 0 Å². The van der Waals surface area contributed by atoms with Gasteiger partial charge in [0.05, 0.1) is 19.3 Å². The van der Waals surface area contributed by atoms with Crippen LogP contribution in [0.1, 0.15) is 20.3 Å². The molecule has 1 unspecified atom stereocenters. The molecule has 0 fully saturated rings. The first kappa shape index (κ1) is 12.8. The number of aliphatic hydroxyl groups excluding tert-OH is 1. The third kappa shape index (κ3) is 2.18. The molecule has 98 valence electrons. The van der Waals surface area contributed by atoms with Crippen molar-refractivity contribution in [3.63, 3.8) is 0 Å². The maximum Gasteiger partial charge on any atom is 0.352 e. The molecule has 2 heterocycles. The first-order valence-corrected chi connectivity index (χ1v) is 6.22. The largest absolute Gasteiger partial charge is 0.462 e. The van der Waals surface area contributed by atoms with Crippen LogP contribution in [0.3, 0.4) is 0 Å². The first-order valence-electron chi connectivity index (χ1n) is 6.22. The van der Waals surface area contributed by atoms with Crippen LogP contribution < -0.4 is 0 Å². The zero-order valence-electron chi connectivity index (χ0n) is 10.7. The van der Waals surface area contributed by atoms with Crippen molar-refractivity contribution >= 4 is 11.7 Å². The van der Waals surface area contributed by atoms with E-state index >= 15 is 0 Å². The van der Waals surface area contributed by atoms with E-state index in [0.717, 1.165) is 17.7 Å². The van der Waals surface area contributed by atoms with Gasteiger partial charge in [-0.25, -0.2) is 4.79 Å². The van der Waals surface area contributed by atoms with Crippen molar-refractivity contribution in [3.8, 4) is 0 Å². The highest BCUT2D eigenvalue weighted by atomic mass is 16.5. The molecule has 5 heteroatoms. The zero-order valence-corrected chi connectivity index (χ0v) is 10.7. The molecular weight excluding hydrogens is 232 g/mol. The zero-order chi connectivity index (χ0) is 13.1. The molecule has 1 N–H and O–H groups in total. The van der Waals surface area contributed by atoms with Gasteiger partial charge in [0, 0.05) is 36.5 Å². The van der Waals surface area contributed by atoms with Gasteiger partial charge < -0.3 is 14.7 Å². The number of carbonyl (C=O) groups is 1. The van der Waals surface area contributed by atoms with E-state index in [4.69, 9.17) is 4.74 Å². The molecule has 1 atom stereocenters. The van der Waals surface area contributed by atoms with Gasteiger partial charge in [0.2, 0.25) is 0 Å². The second-order valence-corrected chi connectivity index (χ2v) is 4.24. The van der Waals surface area contributed by atoms with Gasteiger partial charge in [-0.3, -0.25) is 4.99 Å². The Morgan fingerprint density at radius 1 is 1.61 bits per heavy atom. The Balaban J connectivity index is 2.21. The minimum atomic E-state index is -0.346. The lowest BCUT2D eigenvalue weighted by atomic mass is 9.96. The molecule has 0 bridgehead atoms. The Morgan fingerprint density at radius 3 is 3.00 bits per heavy atom. The fourth-order valence-corrected chi connectivity index (χ4v) is 2.33. The summed E-state index contributed by atoms with van der Waals surface area (Å²) in [5.74, 6) is -0.346. The minimum Gasteiger partial charge on any atom is -0.462 e. The maximum absolute atomic E-state index is 11.7. The van der Waals surface area contributed by atoms with Crippen molar-refractivity contribution in [1.29, 1.82) is 0 Å². The second kappa shape index (κ2) is 5.35. The van der Waals surface area contributed by atoms with Gasteiger partial charge in [-0.15, -0.1) is 0 Å². The van der Waals surface area contributed by atoms with Gasteiger partial charge in [-0.2, -0.15) is 0 Å². The highest BCUT2D eigenvalue weighted by molar-refractivity contribution is 6.37. The van der Waals surface area contributed by atoms with Gasteiger partial charge >= 0.3 is 5.97 Å². The van der Waals surface area contributed by atoms with E-state index in [9.17, 15) is 9.90 Å². The Hall–Kier alpha value is -1.62. The van der Waals surface area contributed by atoms with Crippen LogP contribution in [0.15, 0.2) is 28.5 Å². The SMILES string of the molecule is CCOC(=O)C1=NC=C2C(CO)=CN(CC)C2C1. The molecule has 0 aliphatic carbocycles. The number of fused-ring (bicyclic) bond motifs is 1. The summed E-state index contributed by atoms with van der Waals surface area (Å²) in [6, 6.07) is 0.106. The maximum atomic E-state index is 11.7. The average Bonchev–Trinajstić information content (AvgIpc) is 2.76. The summed E-state index contributed by atoms with van der Waals surface area (Å²) in [5, 5.41) is 9.30. The standard InChI is InChI=1S/C13H18N2O3/c1-3-15-7-9(8-16)10-6-14-11(5-12(10)15)13(17)18-4-2/h6-7,12,16H,3-5,8H2,1-2H3. The third-order valence-electron chi connectivity index (χ3n) is 3.24. The fourth-order valence-electron chi connectivity index (χ4n) is 2.33. The number of likely N-dealkylation sites (N-methyl/N-ethyl adjacent to an activating group) is 1. The Kier molecular flexibility index (Phi) is 3.81. The van der Waals surface area contributed by atoms with Crippen molar-refractivity contribution in [3.05, 3.63) is 23.5 Å². The van der Waals surface area contributed by atoms with Crippen molar-refractivity contribution in [2.75, 3.05) is 19.8 Å². The molecule has 0 amide bonds. The minimum absolute atomic E-state index is 0.00307. The van der Waals surface area contributed by atoms with Crippen LogP contribution in [0.4, 0.5) is 0 Å².